The zero-order valence-electron chi connectivity index (χ0n) is 7.46. The number of rotatable bonds is 5. The first-order chi connectivity index (χ1) is 4.74. The Kier molecular flexibility index (Phi) is 5.84. The van der Waals surface area contributed by atoms with Gasteiger partial charge in [0, 0.05) is 0 Å². The highest BCUT2D eigenvalue weighted by atomic mass is 15.1. The van der Waals surface area contributed by atoms with E-state index >= 15 is 0 Å². The Morgan fingerprint density at radius 3 is 2.10 bits per heavy atom. The molecule has 0 aliphatic carbocycles. The van der Waals surface area contributed by atoms with Crippen LogP contribution in [-0.2, 0) is 0 Å². The fourth-order valence-corrected chi connectivity index (χ4v) is 0.666. The van der Waals surface area contributed by atoms with Crippen molar-refractivity contribution >= 4 is 15.0 Å². The summed E-state index contributed by atoms with van der Waals surface area (Å²) >= 11 is 0. The molecule has 0 N–H and O–H groups in total. The van der Waals surface area contributed by atoms with E-state index in [2.05, 4.69) is 45.4 Å². The maximum atomic E-state index is 2.16. The summed E-state index contributed by atoms with van der Waals surface area (Å²) < 4.78 is 2.16. The van der Waals surface area contributed by atoms with Crippen LogP contribution in [0.25, 0.3) is 0 Å². The summed E-state index contributed by atoms with van der Waals surface area (Å²) in [6.45, 7) is 8.43. The second-order valence-corrected chi connectivity index (χ2v) is 2.28. The molecule has 0 fully saturated rings. The van der Waals surface area contributed by atoms with Crippen LogP contribution < -0.4 is 0 Å². The smallest absolute Gasteiger partial charge is 0.300 e. The van der Waals surface area contributed by atoms with Gasteiger partial charge < -0.3 is 9.53 Å². The van der Waals surface area contributed by atoms with Crippen LogP contribution in [0.1, 0.15) is 13.8 Å². The molecule has 0 unspecified atom stereocenters. The highest BCUT2D eigenvalue weighted by Crippen LogP contribution is 1.84. The quantitative estimate of drug-likeness (QED) is 0.509. The minimum atomic E-state index is 1.04. The summed E-state index contributed by atoms with van der Waals surface area (Å²) in [5.74, 6) is 0. The van der Waals surface area contributed by atoms with Crippen molar-refractivity contribution in [1.82, 2.24) is 9.53 Å². The van der Waals surface area contributed by atoms with E-state index in [0.717, 1.165) is 13.1 Å². The molecule has 56 valence electrons. The minimum Gasteiger partial charge on any atom is -0.379 e. The molecule has 2 radical (unpaired) electrons. The normalized spacial score (nSPS) is 10.6. The highest BCUT2D eigenvalue weighted by molar-refractivity contribution is 6.47. The first-order valence-electron chi connectivity index (χ1n) is 3.85. The van der Waals surface area contributed by atoms with Gasteiger partial charge >= 0.3 is 0 Å². The molecule has 0 saturated carbocycles. The Morgan fingerprint density at radius 1 is 1.20 bits per heavy atom. The molecule has 0 amide bonds. The highest BCUT2D eigenvalue weighted by Gasteiger charge is 2.04. The van der Waals surface area contributed by atoms with Crippen molar-refractivity contribution in [3.05, 3.63) is 0 Å². The van der Waals surface area contributed by atoms with Crippen LogP contribution in [0.15, 0.2) is 0 Å². The number of nitrogens with zero attached hydrogens (tertiary/aromatic N) is 2. The lowest BCUT2D eigenvalue weighted by Crippen LogP contribution is -2.40. The minimum absolute atomic E-state index is 1.04. The molecule has 0 saturated heterocycles. The van der Waals surface area contributed by atoms with Crippen molar-refractivity contribution in [2.24, 2.45) is 0 Å². The summed E-state index contributed by atoms with van der Waals surface area (Å²) in [4.78, 5) is 2.16. The van der Waals surface area contributed by atoms with E-state index in [0.29, 0.717) is 0 Å². The lowest BCUT2D eigenvalue weighted by Gasteiger charge is -2.22. The fraction of sp³-hybridized carbons (Fsp3) is 1.00. The van der Waals surface area contributed by atoms with Gasteiger partial charge in [-0.15, -0.1) is 0 Å². The maximum Gasteiger partial charge on any atom is 0.300 e. The van der Waals surface area contributed by atoms with Crippen LogP contribution in [-0.4, -0.2) is 44.6 Å². The van der Waals surface area contributed by atoms with E-state index in [1.807, 2.05) is 6.82 Å². The standard InChI is InChI=1S/C6H16B2N2/c1-5-9(4)8-10(6-2)7-3/h5-6H2,1-4H3. The van der Waals surface area contributed by atoms with Gasteiger partial charge in [0.25, 0.3) is 7.55 Å². The molecule has 4 heteroatoms. The van der Waals surface area contributed by atoms with Gasteiger partial charge in [0.2, 0.25) is 0 Å². The zero-order chi connectivity index (χ0) is 7.98. The van der Waals surface area contributed by atoms with Crippen molar-refractivity contribution < 1.29 is 0 Å². The Labute approximate surface area is 66.1 Å². The van der Waals surface area contributed by atoms with Crippen molar-refractivity contribution in [3.8, 4) is 0 Å². The summed E-state index contributed by atoms with van der Waals surface area (Å²) in [7, 11) is 6.26. The lowest BCUT2D eigenvalue weighted by atomic mass is 9.85. The van der Waals surface area contributed by atoms with Gasteiger partial charge in [-0.2, -0.15) is 0 Å². The first kappa shape index (κ1) is 10.0. The van der Waals surface area contributed by atoms with Crippen LogP contribution in [0.4, 0.5) is 0 Å². The average molecular weight is 138 g/mol. The molecule has 0 aromatic heterocycles. The fourth-order valence-electron chi connectivity index (χ4n) is 0.666. The molecular weight excluding hydrogens is 122 g/mol. The molecule has 0 bridgehead atoms. The molecule has 0 aliphatic rings. The van der Waals surface area contributed by atoms with Gasteiger partial charge in [0.05, 0.1) is 0 Å². The number of hydrogen-bond acceptors (Lipinski definition) is 2. The van der Waals surface area contributed by atoms with E-state index < -0.39 is 0 Å². The maximum absolute atomic E-state index is 2.16. The van der Waals surface area contributed by atoms with Crippen LogP contribution in [0, 0.1) is 0 Å². The predicted molar refractivity (Wildman–Crippen MR) is 48.1 cm³/mol. The van der Waals surface area contributed by atoms with Crippen LogP contribution in [0.2, 0.25) is 6.82 Å². The van der Waals surface area contributed by atoms with Gasteiger partial charge in [-0.25, -0.2) is 0 Å². The molecule has 0 spiro atoms. The molecule has 0 aromatic rings. The zero-order valence-corrected chi connectivity index (χ0v) is 7.46. The summed E-state index contributed by atoms with van der Waals surface area (Å²) in [6.07, 6.45) is 0. The second kappa shape index (κ2) is 5.81. The van der Waals surface area contributed by atoms with Crippen molar-refractivity contribution in [2.45, 2.75) is 20.7 Å². The van der Waals surface area contributed by atoms with Gasteiger partial charge in [0.1, 0.15) is 0 Å². The molecule has 2 nitrogen and oxygen atoms in total. The molecule has 0 rings (SSSR count). The topological polar surface area (TPSA) is 6.48 Å². The van der Waals surface area contributed by atoms with Gasteiger partial charge in [-0.1, -0.05) is 20.7 Å². The van der Waals surface area contributed by atoms with Crippen molar-refractivity contribution in [3.63, 3.8) is 0 Å². The van der Waals surface area contributed by atoms with Gasteiger partial charge in [0.15, 0.2) is 7.41 Å². The monoisotopic (exact) mass is 138 g/mol. The number of hydrogen-bond donors (Lipinski definition) is 0. The Balaban J connectivity index is 3.41. The summed E-state index contributed by atoms with van der Waals surface area (Å²) in [5, 5.41) is 0. The predicted octanol–water partition coefficient (Wildman–Crippen LogP) is 0.461. The molecular formula is C6H16B2N2. The van der Waals surface area contributed by atoms with E-state index in [1.165, 1.54) is 0 Å². The molecule has 10 heavy (non-hydrogen) atoms. The van der Waals surface area contributed by atoms with Crippen molar-refractivity contribution in [2.75, 3.05) is 20.1 Å². The Hall–Kier alpha value is 0.0499. The van der Waals surface area contributed by atoms with Crippen LogP contribution in [0.5, 0.6) is 0 Å². The molecule has 0 aliphatic heterocycles. The van der Waals surface area contributed by atoms with Crippen LogP contribution in [0.3, 0.4) is 0 Å². The van der Waals surface area contributed by atoms with Crippen LogP contribution >= 0.6 is 0 Å². The SMILES string of the molecule is C[B]N([B]N(C)CC)CC. The Bertz CT molecular complexity index is 76.1. The third-order valence-electron chi connectivity index (χ3n) is 1.54. The molecule has 0 aromatic carbocycles. The van der Waals surface area contributed by atoms with E-state index in [-0.39, 0.29) is 0 Å². The second-order valence-electron chi connectivity index (χ2n) is 2.28. The lowest BCUT2D eigenvalue weighted by molar-refractivity contribution is 0.518. The average Bonchev–Trinajstić information content (AvgIpc) is 1.99. The van der Waals surface area contributed by atoms with Gasteiger partial charge in [-0.3, -0.25) is 0 Å². The summed E-state index contributed by atoms with van der Waals surface area (Å²) in [5.41, 5.74) is 0. The van der Waals surface area contributed by atoms with Crippen molar-refractivity contribution in [1.29, 1.82) is 0 Å². The Morgan fingerprint density at radius 2 is 1.80 bits per heavy atom. The third kappa shape index (κ3) is 3.96. The first-order valence-corrected chi connectivity index (χ1v) is 3.85. The van der Waals surface area contributed by atoms with E-state index in [1.54, 1.807) is 0 Å². The molecule has 0 heterocycles. The summed E-state index contributed by atoms with van der Waals surface area (Å²) in [6, 6.07) is 0. The van der Waals surface area contributed by atoms with E-state index in [9.17, 15) is 0 Å². The molecule has 0 atom stereocenters. The largest absolute Gasteiger partial charge is 0.379 e. The van der Waals surface area contributed by atoms with E-state index in [4.69, 9.17) is 0 Å². The third-order valence-corrected chi connectivity index (χ3v) is 1.54. The van der Waals surface area contributed by atoms with Gasteiger partial charge in [-0.05, 0) is 20.1 Å².